The first-order valence-electron chi connectivity index (χ1n) is 4.51. The molecule has 0 aliphatic rings. The van der Waals surface area contributed by atoms with E-state index in [0.717, 1.165) is 11.3 Å². The molecule has 0 N–H and O–H groups in total. The molecule has 0 unspecified atom stereocenters. The van der Waals surface area contributed by atoms with Gasteiger partial charge >= 0.3 is 5.97 Å². The van der Waals surface area contributed by atoms with Crippen molar-refractivity contribution in [2.24, 2.45) is 0 Å². The quantitative estimate of drug-likeness (QED) is 0.760. The van der Waals surface area contributed by atoms with Crippen LogP contribution in [0.25, 0.3) is 0 Å². The van der Waals surface area contributed by atoms with Gasteiger partial charge in [-0.05, 0) is 37.6 Å². The van der Waals surface area contributed by atoms with Crippen molar-refractivity contribution in [3.63, 3.8) is 0 Å². The fourth-order valence-corrected chi connectivity index (χ4v) is 2.07. The maximum atomic E-state index is 11.6. The Morgan fingerprint density at radius 3 is 2.81 bits per heavy atom. The third-order valence-electron chi connectivity index (χ3n) is 1.58. The van der Waals surface area contributed by atoms with Crippen molar-refractivity contribution in [2.45, 2.75) is 13.8 Å². The molecule has 0 atom stereocenters. The molecule has 16 heavy (non-hydrogen) atoms. The molecule has 0 amide bonds. The summed E-state index contributed by atoms with van der Waals surface area (Å²) in [5.74, 6) is -0.0983. The molecule has 0 aliphatic heterocycles. The second-order valence-corrected chi connectivity index (χ2v) is 4.81. The van der Waals surface area contributed by atoms with E-state index in [1.807, 2.05) is 0 Å². The fourth-order valence-electron chi connectivity index (χ4n) is 0.943. The van der Waals surface area contributed by atoms with Gasteiger partial charge in [0.2, 0.25) is 0 Å². The van der Waals surface area contributed by atoms with E-state index in [9.17, 15) is 4.79 Å². The van der Waals surface area contributed by atoms with Crippen LogP contribution in [0, 0.1) is 6.92 Å². The molecule has 0 aliphatic carbocycles. The van der Waals surface area contributed by atoms with Crippen LogP contribution in [-0.4, -0.2) is 12.6 Å². The highest BCUT2D eigenvalue weighted by Crippen LogP contribution is 2.23. The molecule has 1 rings (SSSR count). The predicted molar refractivity (Wildman–Crippen MR) is 64.9 cm³/mol. The summed E-state index contributed by atoms with van der Waals surface area (Å²) < 4.78 is 10.5. The Kier molecular flexibility index (Phi) is 5.12. The van der Waals surface area contributed by atoms with Gasteiger partial charge in [0.15, 0.2) is 10.1 Å². The molecule has 88 valence electrons. The molecule has 3 nitrogen and oxygen atoms in total. The van der Waals surface area contributed by atoms with Crippen LogP contribution in [0.1, 0.15) is 22.4 Å². The average Bonchev–Trinajstić information content (AvgIpc) is 2.21. The van der Waals surface area contributed by atoms with Crippen LogP contribution in [0.4, 0.5) is 0 Å². The van der Waals surface area contributed by atoms with Gasteiger partial charge in [0.1, 0.15) is 5.76 Å². The van der Waals surface area contributed by atoms with Crippen LogP contribution in [0.15, 0.2) is 16.5 Å². The molecule has 0 fully saturated rings. The van der Waals surface area contributed by atoms with Gasteiger partial charge in [0, 0.05) is 0 Å². The predicted octanol–water partition coefficient (Wildman–Crippen LogP) is 4.26. The number of carbonyl (C=O) groups excluding carboxylic acids is 1. The number of carbonyl (C=O) groups is 1. The largest absolute Gasteiger partial charge is 0.462 e. The molecule has 1 aromatic rings. The van der Waals surface area contributed by atoms with Gasteiger partial charge in [-0.15, -0.1) is 11.3 Å². The van der Waals surface area contributed by atoms with E-state index in [4.69, 9.17) is 32.4 Å². The average molecular weight is 281 g/mol. The topological polar surface area (TPSA) is 39.4 Å². The van der Waals surface area contributed by atoms with Gasteiger partial charge in [-0.1, -0.05) is 11.6 Å². The molecular weight excluding hydrogens is 271 g/mol. The summed E-state index contributed by atoms with van der Waals surface area (Å²) in [6, 6.07) is 3.07. The fraction of sp³-hybridized carbons (Fsp3) is 0.300. The van der Waals surface area contributed by atoms with Crippen molar-refractivity contribution in [1.82, 2.24) is 0 Å². The van der Waals surface area contributed by atoms with Crippen LogP contribution < -0.4 is 0 Å². The number of rotatable bonds is 2. The minimum absolute atomic E-state index is 0.151. The van der Waals surface area contributed by atoms with Crippen LogP contribution >= 0.6 is 34.5 Å². The molecule has 1 heterocycles. The van der Waals surface area contributed by atoms with Crippen LogP contribution in [0.3, 0.4) is 0 Å². The molecule has 1 aromatic heterocycles. The molecule has 0 bridgehead atoms. The minimum Gasteiger partial charge on any atom is -0.462 e. The lowest BCUT2D eigenvalue weighted by Gasteiger charge is -2.02. The van der Waals surface area contributed by atoms with Crippen molar-refractivity contribution in [3.05, 3.63) is 32.3 Å². The van der Waals surface area contributed by atoms with Gasteiger partial charge in [-0.3, -0.25) is 0 Å². The van der Waals surface area contributed by atoms with Gasteiger partial charge in [0.05, 0.1) is 10.9 Å². The number of hydrogen-bond acceptors (Lipinski definition) is 4. The standard InChI is InChI=1S/C10H10Cl2O3S/c1-3-14-10(13)9-6(2)15-7(11)4-5-8(12)16-9/h4-5H,3H2,1-2H3. The number of aryl methyl sites for hydroxylation is 1. The summed E-state index contributed by atoms with van der Waals surface area (Å²) in [6.07, 6.45) is 0. The summed E-state index contributed by atoms with van der Waals surface area (Å²) in [6.45, 7) is 3.65. The van der Waals surface area contributed by atoms with E-state index in [1.165, 1.54) is 6.07 Å². The Bertz CT molecular complexity index is 436. The second-order valence-electron chi connectivity index (χ2n) is 2.75. The van der Waals surface area contributed by atoms with Crippen molar-refractivity contribution < 1.29 is 13.9 Å². The van der Waals surface area contributed by atoms with Crippen molar-refractivity contribution in [2.75, 3.05) is 6.61 Å². The van der Waals surface area contributed by atoms with E-state index in [2.05, 4.69) is 0 Å². The second kappa shape index (κ2) is 6.13. The van der Waals surface area contributed by atoms with Crippen molar-refractivity contribution >= 4 is 40.5 Å². The zero-order valence-electron chi connectivity index (χ0n) is 8.75. The zero-order valence-corrected chi connectivity index (χ0v) is 11.1. The molecule has 0 spiro atoms. The van der Waals surface area contributed by atoms with Crippen LogP contribution in [0.2, 0.25) is 9.56 Å². The molecule has 6 heteroatoms. The maximum absolute atomic E-state index is 11.6. The summed E-state index contributed by atoms with van der Waals surface area (Å²) in [5, 5.41) is 0.151. The van der Waals surface area contributed by atoms with E-state index in [0.29, 0.717) is 21.6 Å². The first kappa shape index (κ1) is 13.4. The summed E-state index contributed by atoms with van der Waals surface area (Å²) in [5.41, 5.74) is 0. The highest BCUT2D eigenvalue weighted by Gasteiger charge is 2.12. The van der Waals surface area contributed by atoms with E-state index >= 15 is 0 Å². The third-order valence-corrected chi connectivity index (χ3v) is 3.13. The lowest BCUT2D eigenvalue weighted by Crippen LogP contribution is -2.04. The Labute approximate surface area is 107 Å². The maximum Gasteiger partial charge on any atom is 0.351 e. The molecular formula is C10H10Cl2O3S. The molecule has 0 saturated heterocycles. The number of ether oxygens (including phenoxy) is 1. The molecule has 0 aromatic carbocycles. The van der Waals surface area contributed by atoms with Gasteiger partial charge < -0.3 is 9.15 Å². The monoisotopic (exact) mass is 280 g/mol. The number of esters is 1. The first-order valence-corrected chi connectivity index (χ1v) is 6.08. The highest BCUT2D eigenvalue weighted by atomic mass is 35.5. The summed E-state index contributed by atoms with van der Waals surface area (Å²) >= 11 is 12.7. The Morgan fingerprint density at radius 2 is 2.19 bits per heavy atom. The van der Waals surface area contributed by atoms with Crippen LogP contribution in [-0.2, 0) is 4.74 Å². The smallest absolute Gasteiger partial charge is 0.351 e. The van der Waals surface area contributed by atoms with Gasteiger partial charge in [-0.25, -0.2) is 4.79 Å². The lowest BCUT2D eigenvalue weighted by molar-refractivity contribution is 0.0528. The van der Waals surface area contributed by atoms with E-state index in [1.54, 1.807) is 19.9 Å². The SMILES string of the molecule is CCOC(=O)c1sc(Cl)ccc(Cl)oc1C. The van der Waals surface area contributed by atoms with Crippen molar-refractivity contribution in [3.8, 4) is 0 Å². The van der Waals surface area contributed by atoms with Crippen LogP contribution in [0.5, 0.6) is 0 Å². The number of halogens is 2. The highest BCUT2D eigenvalue weighted by molar-refractivity contribution is 7.17. The van der Waals surface area contributed by atoms with Gasteiger partial charge in [0.25, 0.3) is 0 Å². The first-order chi connectivity index (χ1) is 7.54. The third kappa shape index (κ3) is 3.70. The van der Waals surface area contributed by atoms with E-state index in [-0.39, 0.29) is 5.22 Å². The lowest BCUT2D eigenvalue weighted by atomic mass is 10.4. The molecule has 0 radical (unpaired) electrons. The summed E-state index contributed by atoms with van der Waals surface area (Å²) in [4.78, 5) is 11.9. The molecule has 0 saturated carbocycles. The van der Waals surface area contributed by atoms with Crippen molar-refractivity contribution in [1.29, 1.82) is 0 Å². The number of hydrogen-bond donors (Lipinski definition) is 0. The minimum atomic E-state index is -0.470. The summed E-state index contributed by atoms with van der Waals surface area (Å²) in [7, 11) is 0. The van der Waals surface area contributed by atoms with E-state index < -0.39 is 5.97 Å². The normalized spacial score (nSPS) is 9.75. The Hall–Kier alpha value is -0.710. The Morgan fingerprint density at radius 1 is 1.50 bits per heavy atom. The zero-order chi connectivity index (χ0) is 12.1. The van der Waals surface area contributed by atoms with Gasteiger partial charge in [-0.2, -0.15) is 0 Å². The Balaban J connectivity index is 3.33.